The Hall–Kier alpha value is -0.160. The number of rotatable bonds is 9. The molecule has 0 aromatic carbocycles. The SMILES string of the molecule is CCC(CC)(CO)CN(C)CC(O)COC. The van der Waals surface area contributed by atoms with Crippen molar-refractivity contribution >= 4 is 0 Å². The van der Waals surface area contributed by atoms with E-state index in [0.29, 0.717) is 13.2 Å². The van der Waals surface area contributed by atoms with Gasteiger partial charge in [0.1, 0.15) is 0 Å². The first-order valence-corrected chi connectivity index (χ1v) is 6.00. The first kappa shape index (κ1) is 15.8. The number of aliphatic hydroxyl groups excluding tert-OH is 2. The lowest BCUT2D eigenvalue weighted by Crippen LogP contribution is -2.41. The second kappa shape index (κ2) is 8.01. The Morgan fingerprint density at radius 3 is 2.25 bits per heavy atom. The molecule has 0 spiro atoms. The summed E-state index contributed by atoms with van der Waals surface area (Å²) in [4.78, 5) is 2.06. The Kier molecular flexibility index (Phi) is 7.93. The zero-order chi connectivity index (χ0) is 12.6. The van der Waals surface area contributed by atoms with Gasteiger partial charge in [-0.1, -0.05) is 13.8 Å². The molecule has 0 rings (SSSR count). The van der Waals surface area contributed by atoms with E-state index >= 15 is 0 Å². The number of methoxy groups -OCH3 is 1. The van der Waals surface area contributed by atoms with Crippen molar-refractivity contribution in [1.29, 1.82) is 0 Å². The van der Waals surface area contributed by atoms with Crippen molar-refractivity contribution in [2.45, 2.75) is 32.8 Å². The Balaban J connectivity index is 4.14. The summed E-state index contributed by atoms with van der Waals surface area (Å²) in [6.07, 6.45) is 1.44. The van der Waals surface area contributed by atoms with Crippen LogP contribution in [0.4, 0.5) is 0 Å². The van der Waals surface area contributed by atoms with Gasteiger partial charge in [0, 0.05) is 32.2 Å². The predicted octanol–water partition coefficient (Wildman–Crippen LogP) is 0.724. The lowest BCUT2D eigenvalue weighted by atomic mass is 9.83. The van der Waals surface area contributed by atoms with Crippen molar-refractivity contribution in [2.24, 2.45) is 5.41 Å². The molecule has 0 saturated heterocycles. The molecule has 1 atom stereocenters. The van der Waals surface area contributed by atoms with Crippen molar-refractivity contribution < 1.29 is 14.9 Å². The molecule has 0 amide bonds. The molecule has 0 aliphatic heterocycles. The number of hydrogen-bond donors (Lipinski definition) is 2. The van der Waals surface area contributed by atoms with Gasteiger partial charge < -0.3 is 19.8 Å². The van der Waals surface area contributed by atoms with Crippen LogP contribution in [0.25, 0.3) is 0 Å². The molecule has 0 fully saturated rings. The van der Waals surface area contributed by atoms with Crippen LogP contribution < -0.4 is 0 Å². The van der Waals surface area contributed by atoms with Gasteiger partial charge in [0.25, 0.3) is 0 Å². The van der Waals surface area contributed by atoms with E-state index in [1.54, 1.807) is 7.11 Å². The van der Waals surface area contributed by atoms with Crippen LogP contribution in [0.2, 0.25) is 0 Å². The zero-order valence-electron chi connectivity index (χ0n) is 11.1. The van der Waals surface area contributed by atoms with E-state index in [1.165, 1.54) is 0 Å². The lowest BCUT2D eigenvalue weighted by Gasteiger charge is -2.34. The summed E-state index contributed by atoms with van der Waals surface area (Å²) in [5, 5.41) is 19.1. The summed E-state index contributed by atoms with van der Waals surface area (Å²) in [6.45, 7) is 6.13. The maximum Gasteiger partial charge on any atom is 0.0899 e. The fourth-order valence-electron chi connectivity index (χ4n) is 1.99. The highest BCUT2D eigenvalue weighted by Crippen LogP contribution is 2.26. The summed E-state index contributed by atoms with van der Waals surface area (Å²) >= 11 is 0. The van der Waals surface area contributed by atoms with E-state index in [4.69, 9.17) is 4.74 Å². The van der Waals surface area contributed by atoms with E-state index in [2.05, 4.69) is 18.7 Å². The highest BCUT2D eigenvalue weighted by atomic mass is 16.5. The number of likely N-dealkylation sites (N-methyl/N-ethyl adjacent to an activating group) is 1. The van der Waals surface area contributed by atoms with E-state index in [-0.39, 0.29) is 12.0 Å². The molecule has 98 valence electrons. The molecule has 0 radical (unpaired) electrons. The smallest absolute Gasteiger partial charge is 0.0899 e. The van der Waals surface area contributed by atoms with Crippen LogP contribution in [0, 0.1) is 5.41 Å². The van der Waals surface area contributed by atoms with Crippen molar-refractivity contribution in [3.05, 3.63) is 0 Å². The van der Waals surface area contributed by atoms with E-state index in [0.717, 1.165) is 19.4 Å². The minimum Gasteiger partial charge on any atom is -0.396 e. The van der Waals surface area contributed by atoms with Gasteiger partial charge in [-0.25, -0.2) is 0 Å². The van der Waals surface area contributed by atoms with E-state index < -0.39 is 6.10 Å². The third-order valence-corrected chi connectivity index (χ3v) is 3.32. The highest BCUT2D eigenvalue weighted by Gasteiger charge is 2.27. The highest BCUT2D eigenvalue weighted by molar-refractivity contribution is 4.79. The van der Waals surface area contributed by atoms with Gasteiger partial charge in [0.2, 0.25) is 0 Å². The van der Waals surface area contributed by atoms with E-state index in [9.17, 15) is 10.2 Å². The largest absolute Gasteiger partial charge is 0.396 e. The third-order valence-electron chi connectivity index (χ3n) is 3.32. The number of nitrogens with zero attached hydrogens (tertiary/aromatic N) is 1. The summed E-state index contributed by atoms with van der Waals surface area (Å²) in [5.41, 5.74) is -0.0401. The molecular formula is C12H27NO3. The molecule has 4 heteroatoms. The van der Waals surface area contributed by atoms with Crippen LogP contribution in [0.15, 0.2) is 0 Å². The van der Waals surface area contributed by atoms with Crippen LogP contribution >= 0.6 is 0 Å². The summed E-state index contributed by atoms with van der Waals surface area (Å²) in [5.74, 6) is 0. The fraction of sp³-hybridized carbons (Fsp3) is 1.00. The number of hydrogen-bond acceptors (Lipinski definition) is 4. The number of aliphatic hydroxyl groups is 2. The zero-order valence-corrected chi connectivity index (χ0v) is 11.1. The van der Waals surface area contributed by atoms with Gasteiger partial charge in [-0.3, -0.25) is 0 Å². The molecule has 0 aliphatic rings. The van der Waals surface area contributed by atoms with Crippen LogP contribution in [0.5, 0.6) is 0 Å². The molecule has 0 bridgehead atoms. The van der Waals surface area contributed by atoms with Crippen LogP contribution in [-0.4, -0.2) is 61.7 Å². The molecular weight excluding hydrogens is 206 g/mol. The van der Waals surface area contributed by atoms with Gasteiger partial charge in [0.05, 0.1) is 12.7 Å². The van der Waals surface area contributed by atoms with Crippen LogP contribution in [0.1, 0.15) is 26.7 Å². The van der Waals surface area contributed by atoms with Crippen LogP contribution in [-0.2, 0) is 4.74 Å². The molecule has 2 N–H and O–H groups in total. The maximum absolute atomic E-state index is 9.61. The first-order chi connectivity index (χ1) is 7.53. The van der Waals surface area contributed by atoms with E-state index in [1.807, 2.05) is 7.05 Å². The van der Waals surface area contributed by atoms with Gasteiger partial charge in [-0.05, 0) is 19.9 Å². The minimum atomic E-state index is -0.458. The van der Waals surface area contributed by atoms with Gasteiger partial charge >= 0.3 is 0 Å². The average Bonchev–Trinajstić information content (AvgIpc) is 2.26. The normalized spacial score (nSPS) is 14.4. The summed E-state index contributed by atoms with van der Waals surface area (Å²) < 4.78 is 4.89. The molecule has 0 saturated carbocycles. The van der Waals surface area contributed by atoms with Gasteiger partial charge in [-0.15, -0.1) is 0 Å². The monoisotopic (exact) mass is 233 g/mol. The Labute approximate surface area is 99.2 Å². The quantitative estimate of drug-likeness (QED) is 0.616. The maximum atomic E-state index is 9.61. The molecule has 0 heterocycles. The van der Waals surface area contributed by atoms with Gasteiger partial charge in [-0.2, -0.15) is 0 Å². The molecule has 0 aromatic rings. The molecule has 16 heavy (non-hydrogen) atoms. The minimum absolute atomic E-state index is 0.0401. The number of ether oxygens (including phenoxy) is 1. The second-order valence-electron chi connectivity index (χ2n) is 4.67. The van der Waals surface area contributed by atoms with Crippen LogP contribution in [0.3, 0.4) is 0 Å². The van der Waals surface area contributed by atoms with Crippen molar-refractivity contribution in [3.8, 4) is 0 Å². The Morgan fingerprint density at radius 1 is 1.31 bits per heavy atom. The van der Waals surface area contributed by atoms with Crippen molar-refractivity contribution in [3.63, 3.8) is 0 Å². The van der Waals surface area contributed by atoms with Crippen molar-refractivity contribution in [2.75, 3.05) is 40.5 Å². The molecule has 0 aromatic heterocycles. The Morgan fingerprint density at radius 2 is 1.88 bits per heavy atom. The predicted molar refractivity (Wildman–Crippen MR) is 65.5 cm³/mol. The summed E-state index contributed by atoms with van der Waals surface area (Å²) in [7, 11) is 3.55. The molecule has 1 unspecified atom stereocenters. The van der Waals surface area contributed by atoms with Crippen molar-refractivity contribution in [1.82, 2.24) is 4.90 Å². The van der Waals surface area contributed by atoms with Gasteiger partial charge in [0.15, 0.2) is 0 Å². The second-order valence-corrected chi connectivity index (χ2v) is 4.67. The first-order valence-electron chi connectivity index (χ1n) is 6.00. The third kappa shape index (κ3) is 5.25. The lowest BCUT2D eigenvalue weighted by molar-refractivity contribution is 0.0205. The molecule has 4 nitrogen and oxygen atoms in total. The standard InChI is InChI=1S/C12H27NO3/c1-5-12(6-2,10-14)9-13(3)7-11(15)8-16-4/h11,14-15H,5-10H2,1-4H3. The molecule has 0 aliphatic carbocycles. The average molecular weight is 233 g/mol. The topological polar surface area (TPSA) is 52.9 Å². The fourth-order valence-corrected chi connectivity index (χ4v) is 1.99. The summed E-state index contributed by atoms with van der Waals surface area (Å²) in [6, 6.07) is 0. The Bertz CT molecular complexity index is 163.